The van der Waals surface area contributed by atoms with Crippen molar-refractivity contribution in [1.82, 2.24) is 0 Å². The fraction of sp³-hybridized carbons (Fsp3) is 0.786. The maximum atomic E-state index is 11.5. The van der Waals surface area contributed by atoms with E-state index in [-0.39, 0.29) is 17.0 Å². The molecule has 0 aromatic carbocycles. The highest BCUT2D eigenvalue weighted by Gasteiger charge is 2.58. The van der Waals surface area contributed by atoms with Gasteiger partial charge in [-0.1, -0.05) is 20.1 Å². The summed E-state index contributed by atoms with van der Waals surface area (Å²) in [4.78, 5) is 22.7. The van der Waals surface area contributed by atoms with Gasteiger partial charge in [-0.05, 0) is 118 Å². The topological polar surface area (TPSA) is 63.6 Å². The Kier molecular flexibility index (Phi) is 5.37. The Bertz CT molecular complexity index is 765. The van der Waals surface area contributed by atoms with Crippen molar-refractivity contribution in [2.24, 2.45) is 52.8 Å². The van der Waals surface area contributed by atoms with Crippen molar-refractivity contribution in [1.29, 1.82) is 0 Å². The molecule has 8 saturated carbocycles. The van der Waals surface area contributed by atoms with E-state index in [2.05, 4.69) is 27.0 Å². The number of aliphatic carboxylic acids is 1. The molecular weight excluding hydrogens is 400 g/mol. The lowest BCUT2D eigenvalue weighted by Crippen LogP contribution is -2.57. The molecule has 176 valence electrons. The predicted molar refractivity (Wildman–Crippen MR) is 124 cm³/mol. The van der Waals surface area contributed by atoms with Gasteiger partial charge in [0.25, 0.3) is 0 Å². The molecule has 0 saturated heterocycles. The maximum Gasteiger partial charge on any atom is 0.331 e. The molecule has 32 heavy (non-hydrogen) atoms. The van der Waals surface area contributed by atoms with Crippen molar-refractivity contribution < 1.29 is 19.4 Å². The molecule has 4 heteroatoms. The van der Waals surface area contributed by atoms with Crippen LogP contribution < -0.4 is 0 Å². The summed E-state index contributed by atoms with van der Waals surface area (Å²) in [6, 6.07) is 0. The number of carbonyl (C=O) groups excluding carboxylic acids is 1. The van der Waals surface area contributed by atoms with Crippen molar-refractivity contribution in [3.63, 3.8) is 0 Å². The number of hydrogen-bond donors (Lipinski definition) is 1. The van der Waals surface area contributed by atoms with Crippen LogP contribution >= 0.6 is 0 Å². The Balaban J connectivity index is 0.000000135. The molecule has 1 N–H and O–H groups in total. The summed E-state index contributed by atoms with van der Waals surface area (Å²) in [6.07, 6.45) is 14.2. The van der Waals surface area contributed by atoms with Crippen LogP contribution in [0.1, 0.15) is 78.1 Å². The lowest BCUT2D eigenvalue weighted by Gasteiger charge is -2.60. The van der Waals surface area contributed by atoms with Gasteiger partial charge < -0.3 is 9.84 Å². The molecule has 8 aliphatic rings. The molecule has 8 fully saturated rings. The number of ether oxygens (including phenoxy) is 1. The number of carboxylic acids is 1. The Morgan fingerprint density at radius 3 is 1.50 bits per heavy atom. The molecule has 0 aromatic heterocycles. The fourth-order valence-electron chi connectivity index (χ4n) is 9.43. The van der Waals surface area contributed by atoms with E-state index in [1.54, 1.807) is 0 Å². The first-order valence-electron chi connectivity index (χ1n) is 12.9. The second-order valence-electron chi connectivity index (χ2n) is 12.5. The number of esters is 1. The number of rotatable bonds is 4. The van der Waals surface area contributed by atoms with E-state index in [1.165, 1.54) is 70.3 Å². The van der Waals surface area contributed by atoms with Crippen LogP contribution in [-0.4, -0.2) is 22.6 Å². The average molecular weight is 441 g/mol. The lowest BCUT2D eigenvalue weighted by molar-refractivity contribution is -0.198. The zero-order chi connectivity index (χ0) is 22.8. The van der Waals surface area contributed by atoms with E-state index in [0.29, 0.717) is 29.2 Å². The molecule has 0 atom stereocenters. The summed E-state index contributed by atoms with van der Waals surface area (Å²) in [5, 5.41) is 9.23. The monoisotopic (exact) mass is 440 g/mol. The van der Waals surface area contributed by atoms with Gasteiger partial charge in [0.15, 0.2) is 0 Å². The highest BCUT2D eigenvalue weighted by atomic mass is 16.6. The van der Waals surface area contributed by atoms with Gasteiger partial charge in [-0.15, -0.1) is 0 Å². The molecule has 0 unspecified atom stereocenters. The molecule has 8 aliphatic carbocycles. The van der Waals surface area contributed by atoms with E-state index >= 15 is 0 Å². The van der Waals surface area contributed by atoms with Crippen LogP contribution in [0.15, 0.2) is 24.8 Å². The number of hydrogen-bond acceptors (Lipinski definition) is 3. The molecule has 0 aromatic rings. The van der Waals surface area contributed by atoms with Crippen molar-refractivity contribution >= 4 is 11.9 Å². The van der Waals surface area contributed by atoms with E-state index in [4.69, 9.17) is 4.74 Å². The lowest BCUT2D eigenvalue weighted by atomic mass is 9.44. The van der Waals surface area contributed by atoms with Gasteiger partial charge in [0.2, 0.25) is 0 Å². The zero-order valence-electron chi connectivity index (χ0n) is 19.9. The minimum absolute atomic E-state index is 0.112. The van der Waals surface area contributed by atoms with Crippen molar-refractivity contribution in [2.45, 2.75) is 83.7 Å². The molecule has 8 rings (SSSR count). The van der Waals surface area contributed by atoms with Gasteiger partial charge in [0.05, 0.1) is 0 Å². The summed E-state index contributed by atoms with van der Waals surface area (Å²) in [5.74, 6) is 4.97. The Hall–Kier alpha value is -1.58. The molecule has 8 bridgehead atoms. The summed E-state index contributed by atoms with van der Waals surface area (Å²) >= 11 is 0. The number of carbonyl (C=O) groups is 2. The van der Waals surface area contributed by atoms with E-state index in [1.807, 2.05) is 0 Å². The molecule has 0 amide bonds. The Labute approximate surface area is 192 Å². The zero-order valence-corrected chi connectivity index (χ0v) is 19.9. The first-order chi connectivity index (χ1) is 15.1. The Morgan fingerprint density at radius 2 is 1.16 bits per heavy atom. The first-order valence-corrected chi connectivity index (χ1v) is 12.9. The molecule has 0 heterocycles. The summed E-state index contributed by atoms with van der Waals surface area (Å²) in [5.41, 5.74) is 0.166. The van der Waals surface area contributed by atoms with Crippen molar-refractivity contribution in [2.75, 3.05) is 0 Å². The second-order valence-corrected chi connectivity index (χ2v) is 12.5. The van der Waals surface area contributed by atoms with Crippen molar-refractivity contribution in [3.8, 4) is 0 Å². The van der Waals surface area contributed by atoms with Gasteiger partial charge in [0, 0.05) is 17.1 Å². The predicted octanol–water partition coefficient (Wildman–Crippen LogP) is 6.02. The van der Waals surface area contributed by atoms with Gasteiger partial charge in [-0.3, -0.25) is 0 Å². The van der Waals surface area contributed by atoms with Crippen LogP contribution in [-0.2, 0) is 14.3 Å². The van der Waals surface area contributed by atoms with Gasteiger partial charge in [-0.2, -0.15) is 0 Å². The molecule has 4 nitrogen and oxygen atoms in total. The van der Waals surface area contributed by atoms with Crippen LogP contribution in [0.2, 0.25) is 0 Å². The third-order valence-corrected chi connectivity index (χ3v) is 11.0. The minimum Gasteiger partial charge on any atom is -0.478 e. The Morgan fingerprint density at radius 1 is 0.781 bits per heavy atom. The fourth-order valence-corrected chi connectivity index (χ4v) is 9.43. The SMILES string of the molecule is C=C(C(=O)O)C1(C)C2CC3CC(C2)CC1C3.C=CC(=O)OC1(C)C2CC3CC(C2)CC1C3. The van der Waals surface area contributed by atoms with Crippen LogP contribution in [0.25, 0.3) is 0 Å². The van der Waals surface area contributed by atoms with E-state index in [9.17, 15) is 14.7 Å². The summed E-state index contributed by atoms with van der Waals surface area (Å²) in [7, 11) is 0. The minimum atomic E-state index is -0.782. The first kappa shape index (κ1) is 22.2. The summed E-state index contributed by atoms with van der Waals surface area (Å²) in [6.45, 7) is 11.7. The highest BCUT2D eigenvalue weighted by molar-refractivity contribution is 5.87. The van der Waals surface area contributed by atoms with Crippen LogP contribution in [0.5, 0.6) is 0 Å². The van der Waals surface area contributed by atoms with Gasteiger partial charge in [0.1, 0.15) is 5.60 Å². The molecular formula is C28H40O4. The third-order valence-electron chi connectivity index (χ3n) is 11.0. The highest BCUT2D eigenvalue weighted by Crippen LogP contribution is 2.64. The normalized spacial score (nSPS) is 49.2. The second kappa shape index (κ2) is 7.74. The van der Waals surface area contributed by atoms with Gasteiger partial charge >= 0.3 is 11.9 Å². The van der Waals surface area contributed by atoms with E-state index < -0.39 is 5.97 Å². The average Bonchev–Trinajstić information content (AvgIpc) is 2.74. The van der Waals surface area contributed by atoms with Crippen LogP contribution in [0.3, 0.4) is 0 Å². The molecule has 0 spiro atoms. The van der Waals surface area contributed by atoms with Crippen LogP contribution in [0.4, 0.5) is 0 Å². The quantitative estimate of drug-likeness (QED) is 0.429. The molecule has 0 radical (unpaired) electrons. The largest absolute Gasteiger partial charge is 0.478 e. The smallest absolute Gasteiger partial charge is 0.331 e. The molecule has 0 aliphatic heterocycles. The van der Waals surface area contributed by atoms with E-state index in [0.717, 1.165) is 23.7 Å². The number of carboxylic acid groups (broad SMARTS) is 1. The van der Waals surface area contributed by atoms with Crippen molar-refractivity contribution in [3.05, 3.63) is 24.8 Å². The standard InChI is InChI=1S/2C14H20O2/c1-8(13(15)16)14(2)11-4-9-3-10(6-11)7-12(14)5-9;1-3-13(15)16-14(2)11-5-9-4-10(7-11)8-12(14)6-9/h9-12H,1,3-7H2,2H3,(H,15,16);3,9-12H,1,4-8H2,2H3. The summed E-state index contributed by atoms with van der Waals surface area (Å²) < 4.78 is 5.71. The van der Waals surface area contributed by atoms with Gasteiger partial charge in [-0.25, -0.2) is 9.59 Å². The van der Waals surface area contributed by atoms with Crippen LogP contribution in [0, 0.1) is 52.8 Å². The third kappa shape index (κ3) is 3.39. The maximum absolute atomic E-state index is 11.5.